The van der Waals surface area contributed by atoms with E-state index in [1.54, 1.807) is 0 Å². The summed E-state index contributed by atoms with van der Waals surface area (Å²) in [6.07, 6.45) is 0.0736. The lowest BCUT2D eigenvalue weighted by Gasteiger charge is -2.27. The molecule has 0 spiro atoms. The van der Waals surface area contributed by atoms with Crippen LogP contribution in [0, 0.1) is 5.82 Å². The molecule has 0 bridgehead atoms. The number of nitrogens with two attached hydrogens (primary N) is 1. The summed E-state index contributed by atoms with van der Waals surface area (Å²) in [4.78, 5) is 27.1. The molecule has 1 saturated heterocycles. The minimum absolute atomic E-state index is 0.0736. The Balaban J connectivity index is 1.51. The topological polar surface area (TPSA) is 100 Å². The fourth-order valence-corrected chi connectivity index (χ4v) is 3.68. The zero-order valence-corrected chi connectivity index (χ0v) is 17.0. The van der Waals surface area contributed by atoms with E-state index >= 15 is 0 Å². The number of nitrogens with one attached hydrogen (secondary N) is 1. The molecule has 2 amide bonds. The third-order valence-corrected chi connectivity index (χ3v) is 5.36. The van der Waals surface area contributed by atoms with E-state index in [9.17, 15) is 14.0 Å². The molecule has 2 aliphatic rings. The van der Waals surface area contributed by atoms with Gasteiger partial charge in [0.1, 0.15) is 17.6 Å². The van der Waals surface area contributed by atoms with Gasteiger partial charge in [0.2, 0.25) is 5.91 Å². The highest BCUT2D eigenvalue weighted by Crippen LogP contribution is 2.26. The number of para-hydroxylation sites is 1. The first-order valence-corrected chi connectivity index (χ1v) is 10.1. The van der Waals surface area contributed by atoms with Gasteiger partial charge in [0.15, 0.2) is 0 Å². The van der Waals surface area contributed by atoms with E-state index in [0.29, 0.717) is 31.1 Å². The zero-order chi connectivity index (χ0) is 21.8. The van der Waals surface area contributed by atoms with Crippen LogP contribution >= 0.6 is 0 Å². The van der Waals surface area contributed by atoms with Gasteiger partial charge >= 0.3 is 0 Å². The monoisotopic (exact) mass is 425 g/mol. The number of primary amides is 1. The molecular weight excluding hydrogens is 401 g/mol. The van der Waals surface area contributed by atoms with Gasteiger partial charge in [-0.15, -0.1) is 0 Å². The number of rotatable bonds is 6. The fourth-order valence-electron chi connectivity index (χ4n) is 3.68. The number of halogens is 1. The predicted octanol–water partition coefficient (Wildman–Crippen LogP) is 1.72. The van der Waals surface area contributed by atoms with Crippen LogP contribution in [0.4, 0.5) is 15.8 Å². The van der Waals surface area contributed by atoms with Gasteiger partial charge < -0.3 is 15.8 Å². The number of hydrogen-bond acceptors (Lipinski definition) is 6. The van der Waals surface area contributed by atoms with Gasteiger partial charge in [-0.1, -0.05) is 18.2 Å². The van der Waals surface area contributed by atoms with Crippen molar-refractivity contribution in [2.24, 2.45) is 10.8 Å². The molecule has 0 aromatic heterocycles. The second-order valence-corrected chi connectivity index (χ2v) is 7.49. The average Bonchev–Trinajstić information content (AvgIpc) is 3.22. The summed E-state index contributed by atoms with van der Waals surface area (Å²) in [7, 11) is 0. The van der Waals surface area contributed by atoms with Crippen LogP contribution in [0.1, 0.15) is 12.0 Å². The Morgan fingerprint density at radius 3 is 2.55 bits per heavy atom. The van der Waals surface area contributed by atoms with Crippen molar-refractivity contribution in [3.8, 4) is 0 Å². The Labute approximate surface area is 179 Å². The lowest BCUT2D eigenvalue weighted by atomic mass is 10.1. The van der Waals surface area contributed by atoms with E-state index in [2.05, 4.69) is 15.3 Å². The molecule has 4 rings (SSSR count). The van der Waals surface area contributed by atoms with Gasteiger partial charge in [0.05, 0.1) is 18.9 Å². The SMILES string of the molecule is NC(=O)C1CC(C(=O)Nc2ccccc2CN2CCOCC2)=NN1c1ccc(F)cc1. The van der Waals surface area contributed by atoms with Crippen molar-refractivity contribution in [1.82, 2.24) is 4.90 Å². The van der Waals surface area contributed by atoms with E-state index in [1.807, 2.05) is 24.3 Å². The van der Waals surface area contributed by atoms with Gasteiger partial charge in [-0.05, 0) is 35.9 Å². The minimum atomic E-state index is -0.810. The Morgan fingerprint density at radius 2 is 1.84 bits per heavy atom. The maximum absolute atomic E-state index is 13.3. The summed E-state index contributed by atoms with van der Waals surface area (Å²) in [6, 6.07) is 12.3. The molecule has 0 aliphatic carbocycles. The van der Waals surface area contributed by atoms with Crippen molar-refractivity contribution in [1.29, 1.82) is 0 Å². The standard InChI is InChI=1S/C22H24FN5O3/c23-16-5-7-17(8-6-16)28-20(21(24)29)13-19(26-28)22(30)25-18-4-2-1-3-15(18)14-27-9-11-31-12-10-27/h1-8,20H,9-14H2,(H2,24,29)(H,25,30). The van der Waals surface area contributed by atoms with Gasteiger partial charge in [0.25, 0.3) is 5.91 Å². The van der Waals surface area contributed by atoms with Crippen LogP contribution in [0.5, 0.6) is 0 Å². The summed E-state index contributed by atoms with van der Waals surface area (Å²) in [5, 5.41) is 8.61. The van der Waals surface area contributed by atoms with Crippen molar-refractivity contribution in [3.05, 3.63) is 59.9 Å². The molecule has 31 heavy (non-hydrogen) atoms. The highest BCUT2D eigenvalue weighted by Gasteiger charge is 2.35. The first-order chi connectivity index (χ1) is 15.0. The normalized spacial score (nSPS) is 19.2. The van der Waals surface area contributed by atoms with Crippen LogP contribution in [0.15, 0.2) is 53.6 Å². The molecule has 162 valence electrons. The zero-order valence-electron chi connectivity index (χ0n) is 17.0. The summed E-state index contributed by atoms with van der Waals surface area (Å²) < 4.78 is 18.7. The number of amides is 2. The molecule has 1 fully saturated rings. The Kier molecular flexibility index (Phi) is 6.24. The number of hydrazone groups is 1. The molecule has 1 unspecified atom stereocenters. The van der Waals surface area contributed by atoms with Crippen LogP contribution in [-0.2, 0) is 20.9 Å². The highest BCUT2D eigenvalue weighted by atomic mass is 19.1. The summed E-state index contributed by atoms with van der Waals surface area (Å²) >= 11 is 0. The van der Waals surface area contributed by atoms with Crippen molar-refractivity contribution in [3.63, 3.8) is 0 Å². The summed E-state index contributed by atoms with van der Waals surface area (Å²) in [5.41, 5.74) is 7.88. The van der Waals surface area contributed by atoms with Gasteiger partial charge in [-0.3, -0.25) is 19.5 Å². The maximum Gasteiger partial charge on any atom is 0.271 e. The smallest absolute Gasteiger partial charge is 0.271 e. The van der Waals surface area contributed by atoms with Crippen LogP contribution in [0.25, 0.3) is 0 Å². The molecule has 9 heteroatoms. The Bertz CT molecular complexity index is 989. The number of nitrogens with zero attached hydrogens (tertiary/aromatic N) is 3. The lowest BCUT2D eigenvalue weighted by Crippen LogP contribution is -2.39. The van der Waals surface area contributed by atoms with Crippen LogP contribution in [-0.4, -0.2) is 54.8 Å². The van der Waals surface area contributed by atoms with E-state index in [0.717, 1.165) is 18.7 Å². The van der Waals surface area contributed by atoms with Gasteiger partial charge in [0, 0.05) is 31.7 Å². The highest BCUT2D eigenvalue weighted by molar-refractivity contribution is 6.44. The van der Waals surface area contributed by atoms with Crippen LogP contribution < -0.4 is 16.1 Å². The van der Waals surface area contributed by atoms with Crippen molar-refractivity contribution in [2.45, 2.75) is 19.0 Å². The number of ether oxygens (including phenoxy) is 1. The van der Waals surface area contributed by atoms with Crippen LogP contribution in [0.3, 0.4) is 0 Å². The lowest BCUT2D eigenvalue weighted by molar-refractivity contribution is -0.119. The molecule has 2 heterocycles. The molecule has 2 aromatic carbocycles. The quantitative estimate of drug-likeness (QED) is 0.734. The van der Waals surface area contributed by atoms with E-state index in [1.165, 1.54) is 29.3 Å². The molecule has 0 radical (unpaired) electrons. The third kappa shape index (κ3) is 4.89. The minimum Gasteiger partial charge on any atom is -0.379 e. The first kappa shape index (κ1) is 21.0. The summed E-state index contributed by atoms with van der Waals surface area (Å²) in [6.45, 7) is 3.75. The number of benzene rings is 2. The summed E-state index contributed by atoms with van der Waals surface area (Å²) in [5.74, 6) is -1.41. The van der Waals surface area contributed by atoms with E-state index in [-0.39, 0.29) is 12.1 Å². The molecule has 2 aromatic rings. The number of anilines is 2. The van der Waals surface area contributed by atoms with Crippen molar-refractivity contribution in [2.75, 3.05) is 36.6 Å². The average molecular weight is 425 g/mol. The number of carbonyl (C=O) groups is 2. The Hall–Kier alpha value is -3.30. The molecule has 8 nitrogen and oxygen atoms in total. The largest absolute Gasteiger partial charge is 0.379 e. The van der Waals surface area contributed by atoms with Crippen molar-refractivity contribution < 1.29 is 18.7 Å². The third-order valence-electron chi connectivity index (χ3n) is 5.36. The van der Waals surface area contributed by atoms with Crippen LogP contribution in [0.2, 0.25) is 0 Å². The predicted molar refractivity (Wildman–Crippen MR) is 115 cm³/mol. The molecule has 2 aliphatic heterocycles. The molecule has 3 N–H and O–H groups in total. The fraction of sp³-hybridized carbons (Fsp3) is 0.318. The molecular formula is C22H24FN5O3. The second-order valence-electron chi connectivity index (χ2n) is 7.49. The first-order valence-electron chi connectivity index (χ1n) is 10.1. The molecule has 0 saturated carbocycles. The number of hydrogen-bond donors (Lipinski definition) is 2. The Morgan fingerprint density at radius 1 is 1.13 bits per heavy atom. The van der Waals surface area contributed by atoms with E-state index in [4.69, 9.17) is 10.5 Å². The van der Waals surface area contributed by atoms with Crippen molar-refractivity contribution >= 4 is 28.9 Å². The second kappa shape index (κ2) is 9.23. The van der Waals surface area contributed by atoms with E-state index < -0.39 is 23.7 Å². The number of carbonyl (C=O) groups excluding carboxylic acids is 2. The van der Waals surface area contributed by atoms with Gasteiger partial charge in [-0.2, -0.15) is 5.10 Å². The maximum atomic E-state index is 13.3. The number of morpholine rings is 1. The van der Waals surface area contributed by atoms with Gasteiger partial charge in [-0.25, -0.2) is 4.39 Å². The molecule has 1 atom stereocenters.